The van der Waals surface area contributed by atoms with Crippen LogP contribution < -0.4 is 16.2 Å². The van der Waals surface area contributed by atoms with Crippen LogP contribution in [0.2, 0.25) is 0 Å². The minimum Gasteiger partial charge on any atom is -0.479 e. The first-order chi connectivity index (χ1) is 14.9. The van der Waals surface area contributed by atoms with Crippen LogP contribution >= 0.6 is 0 Å². The predicted octanol–water partition coefficient (Wildman–Crippen LogP) is 1.49. The SMILES string of the molecule is CC1(C2OCCO2)Oc2ccc(N)cc2C(N(C#N)C(N)=NCc2ccccc2)C1O. The summed E-state index contributed by atoms with van der Waals surface area (Å²) in [6.45, 7) is 2.75. The largest absolute Gasteiger partial charge is 0.479 e. The minimum atomic E-state index is -1.28. The lowest BCUT2D eigenvalue weighted by Crippen LogP contribution is -2.62. The zero-order valence-corrected chi connectivity index (χ0v) is 17.1. The van der Waals surface area contributed by atoms with Crippen molar-refractivity contribution in [2.75, 3.05) is 18.9 Å². The van der Waals surface area contributed by atoms with E-state index in [4.69, 9.17) is 25.7 Å². The zero-order chi connectivity index (χ0) is 22.0. The minimum absolute atomic E-state index is 0.0266. The second-order valence-electron chi connectivity index (χ2n) is 7.68. The molecule has 2 aliphatic rings. The van der Waals surface area contributed by atoms with Gasteiger partial charge in [0.25, 0.3) is 0 Å². The van der Waals surface area contributed by atoms with Crippen LogP contribution in [0.25, 0.3) is 0 Å². The molecule has 2 heterocycles. The van der Waals surface area contributed by atoms with Gasteiger partial charge in [-0.3, -0.25) is 0 Å². The number of anilines is 1. The molecule has 9 heteroatoms. The van der Waals surface area contributed by atoms with Gasteiger partial charge in [0.2, 0.25) is 5.96 Å². The number of aliphatic imine (C=N–C) groups is 1. The summed E-state index contributed by atoms with van der Waals surface area (Å²) in [4.78, 5) is 5.55. The Morgan fingerprint density at radius 1 is 1.26 bits per heavy atom. The molecule has 3 unspecified atom stereocenters. The monoisotopic (exact) mass is 423 g/mol. The van der Waals surface area contributed by atoms with Crippen LogP contribution in [0.1, 0.15) is 24.1 Å². The topological polar surface area (TPSA) is 139 Å². The highest BCUT2D eigenvalue weighted by atomic mass is 16.7. The summed E-state index contributed by atoms with van der Waals surface area (Å²) in [5.74, 6) is 0.434. The third kappa shape index (κ3) is 3.88. The number of nitriles is 1. The summed E-state index contributed by atoms with van der Waals surface area (Å²) in [7, 11) is 0. The lowest BCUT2D eigenvalue weighted by atomic mass is 9.83. The Hall–Kier alpha value is -3.32. The van der Waals surface area contributed by atoms with E-state index in [1.54, 1.807) is 25.1 Å². The molecule has 0 aliphatic carbocycles. The molecule has 0 bridgehead atoms. The Kier molecular flexibility index (Phi) is 5.69. The molecule has 3 atom stereocenters. The highest BCUT2D eigenvalue weighted by molar-refractivity contribution is 5.80. The molecule has 1 fully saturated rings. The summed E-state index contributed by atoms with van der Waals surface area (Å²) in [6.07, 6.45) is 0.0329. The van der Waals surface area contributed by atoms with E-state index in [1.807, 2.05) is 30.3 Å². The number of hydrogen-bond donors (Lipinski definition) is 3. The van der Waals surface area contributed by atoms with E-state index in [1.165, 1.54) is 4.90 Å². The van der Waals surface area contributed by atoms with Gasteiger partial charge in [-0.1, -0.05) is 30.3 Å². The lowest BCUT2D eigenvalue weighted by molar-refractivity contribution is -0.215. The van der Waals surface area contributed by atoms with Gasteiger partial charge >= 0.3 is 0 Å². The van der Waals surface area contributed by atoms with Crippen molar-refractivity contribution in [2.24, 2.45) is 10.7 Å². The molecule has 1 saturated heterocycles. The molecule has 162 valence electrons. The highest BCUT2D eigenvalue weighted by Crippen LogP contribution is 2.46. The van der Waals surface area contributed by atoms with E-state index in [-0.39, 0.29) is 5.96 Å². The third-order valence-corrected chi connectivity index (χ3v) is 5.56. The smallest absolute Gasteiger partial charge is 0.205 e. The van der Waals surface area contributed by atoms with Gasteiger partial charge in [0.05, 0.1) is 19.8 Å². The number of rotatable bonds is 4. The van der Waals surface area contributed by atoms with Gasteiger partial charge in [-0.25, -0.2) is 9.89 Å². The number of nitrogens with zero attached hydrogens (tertiary/aromatic N) is 3. The Morgan fingerprint density at radius 3 is 2.65 bits per heavy atom. The molecule has 0 saturated carbocycles. The summed E-state index contributed by atoms with van der Waals surface area (Å²) in [5.41, 5.74) is 12.9. The Labute approximate surface area is 180 Å². The molecule has 31 heavy (non-hydrogen) atoms. The van der Waals surface area contributed by atoms with Gasteiger partial charge in [0.15, 0.2) is 18.1 Å². The van der Waals surface area contributed by atoms with Crippen molar-refractivity contribution in [3.8, 4) is 11.9 Å². The Bertz CT molecular complexity index is 1000. The number of hydrogen-bond acceptors (Lipinski definition) is 7. The Balaban J connectivity index is 1.72. The quantitative estimate of drug-likeness (QED) is 0.221. The second-order valence-corrected chi connectivity index (χ2v) is 7.68. The first kappa shape index (κ1) is 20.9. The first-order valence-electron chi connectivity index (χ1n) is 9.96. The number of nitrogens with two attached hydrogens (primary N) is 2. The van der Waals surface area contributed by atoms with Gasteiger partial charge in [0, 0.05) is 11.3 Å². The number of benzene rings is 2. The van der Waals surface area contributed by atoms with Crippen molar-refractivity contribution < 1.29 is 19.3 Å². The third-order valence-electron chi connectivity index (χ3n) is 5.56. The maximum absolute atomic E-state index is 11.4. The number of nitrogen functional groups attached to an aromatic ring is 1. The maximum atomic E-state index is 11.4. The molecule has 5 N–H and O–H groups in total. The van der Waals surface area contributed by atoms with Crippen molar-refractivity contribution in [1.82, 2.24) is 4.90 Å². The number of fused-ring (bicyclic) bond motifs is 1. The fraction of sp³-hybridized carbons (Fsp3) is 0.364. The first-order valence-corrected chi connectivity index (χ1v) is 9.96. The second kappa shape index (κ2) is 8.43. The summed E-state index contributed by atoms with van der Waals surface area (Å²) in [6, 6.07) is 13.7. The van der Waals surface area contributed by atoms with Crippen LogP contribution in [0.3, 0.4) is 0 Å². The van der Waals surface area contributed by atoms with Crippen molar-refractivity contribution in [3.05, 3.63) is 59.7 Å². The maximum Gasteiger partial charge on any atom is 0.205 e. The van der Waals surface area contributed by atoms with E-state index in [2.05, 4.69) is 11.2 Å². The van der Waals surface area contributed by atoms with Crippen LogP contribution in [0, 0.1) is 11.5 Å². The molecule has 4 rings (SSSR count). The van der Waals surface area contributed by atoms with E-state index in [0.717, 1.165) is 5.56 Å². The van der Waals surface area contributed by atoms with Gasteiger partial charge < -0.3 is 30.8 Å². The van der Waals surface area contributed by atoms with Crippen LogP contribution in [0.4, 0.5) is 5.69 Å². The molecular formula is C22H25N5O4. The van der Waals surface area contributed by atoms with Gasteiger partial charge in [-0.2, -0.15) is 5.26 Å². The van der Waals surface area contributed by atoms with Gasteiger partial charge in [-0.15, -0.1) is 0 Å². The molecule has 2 aromatic carbocycles. The average molecular weight is 423 g/mol. The van der Waals surface area contributed by atoms with Crippen LogP contribution in [0.5, 0.6) is 5.75 Å². The molecule has 2 aliphatic heterocycles. The lowest BCUT2D eigenvalue weighted by Gasteiger charge is -2.47. The van der Waals surface area contributed by atoms with E-state index in [9.17, 15) is 10.4 Å². The summed E-state index contributed by atoms with van der Waals surface area (Å²) in [5, 5.41) is 21.4. The molecule has 0 aromatic heterocycles. The van der Waals surface area contributed by atoms with Crippen molar-refractivity contribution >= 4 is 11.6 Å². The summed E-state index contributed by atoms with van der Waals surface area (Å²) < 4.78 is 17.4. The standard InChI is InChI=1S/C22H25N5O4/c1-22(20-29-9-10-30-20)19(28)18(16-11-15(24)7-8-17(16)31-22)27(13-23)21(25)26-12-14-5-3-2-4-6-14/h2-8,11,18-20,28H,9-10,12,24H2,1H3,(H2,25,26). The molecule has 2 aromatic rings. The van der Waals surface area contributed by atoms with Gasteiger partial charge in [0.1, 0.15) is 17.9 Å². The predicted molar refractivity (Wildman–Crippen MR) is 114 cm³/mol. The van der Waals surface area contributed by atoms with Crippen LogP contribution in [-0.4, -0.2) is 47.2 Å². The van der Waals surface area contributed by atoms with E-state index in [0.29, 0.717) is 36.8 Å². The average Bonchev–Trinajstić information content (AvgIpc) is 3.32. The Morgan fingerprint density at radius 2 is 1.97 bits per heavy atom. The molecule has 0 amide bonds. The fourth-order valence-electron chi connectivity index (χ4n) is 3.92. The molecule has 0 spiro atoms. The summed E-state index contributed by atoms with van der Waals surface area (Å²) >= 11 is 0. The number of guanidine groups is 1. The molecular weight excluding hydrogens is 398 g/mol. The zero-order valence-electron chi connectivity index (χ0n) is 17.1. The van der Waals surface area contributed by atoms with Crippen molar-refractivity contribution in [3.63, 3.8) is 0 Å². The van der Waals surface area contributed by atoms with Crippen LogP contribution in [-0.2, 0) is 16.0 Å². The van der Waals surface area contributed by atoms with Gasteiger partial charge in [-0.05, 0) is 30.7 Å². The molecule has 0 radical (unpaired) electrons. The van der Waals surface area contributed by atoms with E-state index >= 15 is 0 Å². The van der Waals surface area contributed by atoms with Crippen molar-refractivity contribution in [1.29, 1.82) is 5.26 Å². The number of ether oxygens (including phenoxy) is 3. The molecule has 9 nitrogen and oxygen atoms in total. The van der Waals surface area contributed by atoms with Crippen LogP contribution in [0.15, 0.2) is 53.5 Å². The highest BCUT2D eigenvalue weighted by Gasteiger charge is 2.55. The normalized spacial score (nSPS) is 26.0. The fourth-order valence-corrected chi connectivity index (χ4v) is 3.92. The number of aliphatic hydroxyl groups excluding tert-OH is 1. The van der Waals surface area contributed by atoms with E-state index < -0.39 is 24.0 Å². The number of aliphatic hydroxyl groups is 1. The van der Waals surface area contributed by atoms with Crippen molar-refractivity contribution in [2.45, 2.75) is 37.5 Å².